The number of carbonyl (C=O) groups excluding carboxylic acids is 2. The van der Waals surface area contributed by atoms with Crippen molar-refractivity contribution in [3.05, 3.63) is 53.6 Å². The van der Waals surface area contributed by atoms with Crippen LogP contribution in [0.25, 0.3) is 0 Å². The molecule has 148 valence electrons. The van der Waals surface area contributed by atoms with Gasteiger partial charge >= 0.3 is 0 Å². The van der Waals surface area contributed by atoms with E-state index in [-0.39, 0.29) is 12.3 Å². The number of amides is 2. The molecule has 0 aromatic heterocycles. The van der Waals surface area contributed by atoms with Crippen LogP contribution in [0.3, 0.4) is 0 Å². The number of benzene rings is 2. The lowest BCUT2D eigenvalue weighted by Crippen LogP contribution is -2.21. The van der Waals surface area contributed by atoms with E-state index in [1.807, 2.05) is 31.2 Å². The number of para-hydroxylation sites is 1. The highest BCUT2D eigenvalue weighted by Crippen LogP contribution is 2.27. The van der Waals surface area contributed by atoms with E-state index < -0.39 is 5.91 Å². The number of nitrogens with one attached hydrogen (secondary N) is 2. The summed E-state index contributed by atoms with van der Waals surface area (Å²) in [4.78, 5) is 24.5. The lowest BCUT2D eigenvalue weighted by atomic mass is 10.1. The van der Waals surface area contributed by atoms with Crippen molar-refractivity contribution in [2.45, 2.75) is 26.7 Å². The van der Waals surface area contributed by atoms with Gasteiger partial charge in [-0.1, -0.05) is 25.1 Å². The number of anilines is 1. The smallest absolute Gasteiger partial charge is 0.271 e. The molecule has 2 rings (SSSR count). The van der Waals surface area contributed by atoms with Crippen molar-refractivity contribution in [1.82, 2.24) is 5.43 Å². The van der Waals surface area contributed by atoms with E-state index >= 15 is 0 Å². The SMILES string of the molecule is CCc1ccccc1NC(=O)C/C(C)=N\NC(=O)c1ccc(OC)c(OC)c1. The molecule has 0 bridgehead atoms. The second-order valence-electron chi connectivity index (χ2n) is 6.09. The van der Waals surface area contributed by atoms with Crippen LogP contribution >= 0.6 is 0 Å². The van der Waals surface area contributed by atoms with Crippen molar-refractivity contribution in [3.8, 4) is 11.5 Å². The summed E-state index contributed by atoms with van der Waals surface area (Å²) >= 11 is 0. The molecule has 0 atom stereocenters. The lowest BCUT2D eigenvalue weighted by molar-refractivity contribution is -0.115. The fourth-order valence-corrected chi connectivity index (χ4v) is 2.61. The molecule has 2 amide bonds. The maximum atomic E-state index is 12.3. The summed E-state index contributed by atoms with van der Waals surface area (Å²) in [5.74, 6) is 0.382. The number of hydrogen-bond donors (Lipinski definition) is 2. The highest BCUT2D eigenvalue weighted by Gasteiger charge is 2.11. The molecule has 0 radical (unpaired) electrons. The summed E-state index contributed by atoms with van der Waals surface area (Å²) in [5, 5.41) is 6.88. The Morgan fingerprint density at radius 1 is 1.04 bits per heavy atom. The van der Waals surface area contributed by atoms with E-state index in [1.165, 1.54) is 14.2 Å². The molecule has 2 N–H and O–H groups in total. The Balaban J connectivity index is 1.96. The van der Waals surface area contributed by atoms with Crippen LogP contribution in [0.5, 0.6) is 11.5 Å². The maximum absolute atomic E-state index is 12.3. The lowest BCUT2D eigenvalue weighted by Gasteiger charge is -2.10. The second-order valence-corrected chi connectivity index (χ2v) is 6.09. The molecule has 7 nitrogen and oxygen atoms in total. The zero-order valence-corrected chi connectivity index (χ0v) is 16.5. The molecule has 0 fully saturated rings. The van der Waals surface area contributed by atoms with Crippen molar-refractivity contribution in [2.24, 2.45) is 5.10 Å². The van der Waals surface area contributed by atoms with E-state index in [2.05, 4.69) is 15.8 Å². The molecular weight excluding hydrogens is 358 g/mol. The fraction of sp³-hybridized carbons (Fsp3) is 0.286. The van der Waals surface area contributed by atoms with Crippen LogP contribution in [0.15, 0.2) is 47.6 Å². The molecule has 2 aromatic rings. The second kappa shape index (κ2) is 10.1. The molecule has 7 heteroatoms. The largest absolute Gasteiger partial charge is 0.493 e. The number of ether oxygens (including phenoxy) is 2. The summed E-state index contributed by atoms with van der Waals surface area (Å²) in [6.07, 6.45) is 0.898. The summed E-state index contributed by atoms with van der Waals surface area (Å²) in [6.45, 7) is 3.71. The van der Waals surface area contributed by atoms with E-state index in [1.54, 1.807) is 25.1 Å². The van der Waals surface area contributed by atoms with Gasteiger partial charge in [0.15, 0.2) is 11.5 Å². The Morgan fingerprint density at radius 2 is 1.75 bits per heavy atom. The van der Waals surface area contributed by atoms with Crippen molar-refractivity contribution >= 4 is 23.2 Å². The molecule has 0 aliphatic heterocycles. The van der Waals surface area contributed by atoms with Gasteiger partial charge in [-0.3, -0.25) is 9.59 Å². The van der Waals surface area contributed by atoms with Crippen molar-refractivity contribution in [1.29, 1.82) is 0 Å². The Hall–Kier alpha value is -3.35. The van der Waals surface area contributed by atoms with Crippen LogP contribution in [0.1, 0.15) is 36.2 Å². The zero-order valence-electron chi connectivity index (χ0n) is 16.5. The number of hydrogen-bond acceptors (Lipinski definition) is 5. The number of rotatable bonds is 8. The standard InChI is InChI=1S/C21H25N3O4/c1-5-15-8-6-7-9-17(15)22-20(25)12-14(2)23-24-21(26)16-10-11-18(27-3)19(13-16)28-4/h6-11,13H,5,12H2,1-4H3,(H,22,25)(H,24,26)/b23-14-. The van der Waals surface area contributed by atoms with E-state index in [4.69, 9.17) is 9.47 Å². The maximum Gasteiger partial charge on any atom is 0.271 e. The Kier molecular flexibility index (Phi) is 7.56. The van der Waals surface area contributed by atoms with Gasteiger partial charge in [-0.15, -0.1) is 0 Å². The first-order valence-corrected chi connectivity index (χ1v) is 8.91. The summed E-state index contributed by atoms with van der Waals surface area (Å²) in [5.41, 5.74) is 5.16. The van der Waals surface area contributed by atoms with Crippen LogP contribution in [0, 0.1) is 0 Å². The molecule has 0 heterocycles. The number of hydrazone groups is 1. The third-order valence-electron chi connectivity index (χ3n) is 4.08. The van der Waals surface area contributed by atoms with Gasteiger partial charge in [0.1, 0.15) is 0 Å². The monoisotopic (exact) mass is 383 g/mol. The molecule has 0 saturated carbocycles. The van der Waals surface area contributed by atoms with Crippen molar-refractivity contribution < 1.29 is 19.1 Å². The van der Waals surface area contributed by atoms with Crippen molar-refractivity contribution in [3.63, 3.8) is 0 Å². The van der Waals surface area contributed by atoms with E-state index in [0.29, 0.717) is 22.8 Å². The predicted molar refractivity (Wildman–Crippen MR) is 109 cm³/mol. The van der Waals surface area contributed by atoms with E-state index in [9.17, 15) is 9.59 Å². The van der Waals surface area contributed by atoms with Gasteiger partial charge < -0.3 is 14.8 Å². The molecule has 0 aliphatic rings. The normalized spacial score (nSPS) is 10.9. The van der Waals surface area contributed by atoms with Gasteiger partial charge in [0.25, 0.3) is 5.91 Å². The minimum absolute atomic E-state index is 0.0737. The zero-order chi connectivity index (χ0) is 20.5. The topological polar surface area (TPSA) is 89.0 Å². The first-order chi connectivity index (χ1) is 13.5. The molecule has 0 aliphatic carbocycles. The van der Waals surface area contributed by atoms with Gasteiger partial charge in [-0.2, -0.15) is 5.10 Å². The van der Waals surface area contributed by atoms with Crippen LogP contribution in [-0.4, -0.2) is 31.7 Å². The van der Waals surface area contributed by atoms with Gasteiger partial charge in [-0.05, 0) is 43.2 Å². The van der Waals surface area contributed by atoms with E-state index in [0.717, 1.165) is 17.7 Å². The highest BCUT2D eigenvalue weighted by molar-refractivity contribution is 6.06. The van der Waals surface area contributed by atoms with Gasteiger partial charge in [0.05, 0.1) is 20.6 Å². The van der Waals surface area contributed by atoms with Gasteiger partial charge in [0, 0.05) is 17.0 Å². The predicted octanol–water partition coefficient (Wildman–Crippen LogP) is 3.40. The first-order valence-electron chi connectivity index (χ1n) is 8.91. The van der Waals surface area contributed by atoms with Crippen LogP contribution in [0.2, 0.25) is 0 Å². The summed E-state index contributed by atoms with van der Waals surface area (Å²) in [6, 6.07) is 12.5. The molecule has 28 heavy (non-hydrogen) atoms. The van der Waals surface area contributed by atoms with Crippen LogP contribution in [-0.2, 0) is 11.2 Å². The van der Waals surface area contributed by atoms with Gasteiger partial charge in [-0.25, -0.2) is 5.43 Å². The molecule has 0 spiro atoms. The minimum atomic E-state index is -0.406. The van der Waals surface area contributed by atoms with Crippen LogP contribution < -0.4 is 20.2 Å². The highest BCUT2D eigenvalue weighted by atomic mass is 16.5. The average Bonchev–Trinajstić information content (AvgIpc) is 2.71. The molecular formula is C21H25N3O4. The van der Waals surface area contributed by atoms with Gasteiger partial charge in [0.2, 0.25) is 5.91 Å². The number of aryl methyl sites for hydroxylation is 1. The van der Waals surface area contributed by atoms with Crippen molar-refractivity contribution in [2.75, 3.05) is 19.5 Å². The third kappa shape index (κ3) is 5.57. The summed E-state index contributed by atoms with van der Waals surface area (Å²) < 4.78 is 10.3. The summed E-state index contributed by atoms with van der Waals surface area (Å²) in [7, 11) is 3.02. The van der Waals surface area contributed by atoms with Crippen LogP contribution in [0.4, 0.5) is 5.69 Å². The number of carbonyl (C=O) groups is 2. The first kappa shape index (κ1) is 21.0. The minimum Gasteiger partial charge on any atom is -0.493 e. The molecule has 2 aromatic carbocycles. The number of nitrogens with zero attached hydrogens (tertiary/aromatic N) is 1. The molecule has 0 saturated heterocycles. The quantitative estimate of drug-likeness (QED) is 0.540. The number of methoxy groups -OCH3 is 2. The average molecular weight is 383 g/mol. The molecule has 0 unspecified atom stereocenters. The Bertz CT molecular complexity index is 878. The Labute approximate surface area is 164 Å². The third-order valence-corrected chi connectivity index (χ3v) is 4.08. The fourth-order valence-electron chi connectivity index (χ4n) is 2.61. The Morgan fingerprint density at radius 3 is 2.43 bits per heavy atom.